The normalized spacial score (nSPS) is 48.6. The van der Waals surface area contributed by atoms with Gasteiger partial charge in [0.05, 0.1) is 11.8 Å². The second kappa shape index (κ2) is 8.14. The lowest BCUT2D eigenvalue weighted by molar-refractivity contribution is -0.165. The Hall–Kier alpha value is -2.22. The lowest BCUT2D eigenvalue weighted by Gasteiger charge is -2.69. The summed E-state index contributed by atoms with van der Waals surface area (Å²) in [5, 5.41) is 14.2. The molecule has 0 spiro atoms. The van der Waals surface area contributed by atoms with E-state index < -0.39 is 10.8 Å². The summed E-state index contributed by atoms with van der Waals surface area (Å²) in [7, 11) is 1.60. The first-order valence-corrected chi connectivity index (χ1v) is 14.3. The molecule has 0 unspecified atom stereocenters. The van der Waals surface area contributed by atoms with E-state index in [-0.39, 0.29) is 51.1 Å². The molecule has 5 aliphatic rings. The second-order valence-electron chi connectivity index (χ2n) is 14.3. The van der Waals surface area contributed by atoms with Crippen molar-refractivity contribution in [3.63, 3.8) is 0 Å². The number of ketones is 2. The molecule has 200 valence electrons. The maximum absolute atomic E-state index is 14.4. The quantitative estimate of drug-likeness (QED) is 0.310. The minimum absolute atomic E-state index is 0.0576. The van der Waals surface area contributed by atoms with Crippen molar-refractivity contribution in [2.24, 2.45) is 61.8 Å². The molecule has 3 saturated carbocycles. The fraction of sp³-hybridized carbons (Fsp3) is 0.750. The number of hydrogen-bond donors (Lipinski definition) is 0. The molecule has 0 amide bonds. The minimum Gasteiger partial charge on any atom is -0.399 e. The molecule has 9 atom stereocenters. The molecule has 0 aromatic heterocycles. The third kappa shape index (κ3) is 3.17. The zero-order valence-electron chi connectivity index (χ0n) is 24.0. The summed E-state index contributed by atoms with van der Waals surface area (Å²) in [6, 6.07) is 2.20. The molecule has 5 aliphatic carbocycles. The van der Waals surface area contributed by atoms with Crippen LogP contribution in [0.5, 0.6) is 0 Å². The fourth-order valence-electron chi connectivity index (χ4n) is 10.3. The van der Waals surface area contributed by atoms with Gasteiger partial charge in [-0.25, -0.2) is 0 Å². The number of carbonyl (C=O) groups excluding carboxylic acids is 2. The van der Waals surface area contributed by atoms with E-state index in [1.165, 1.54) is 0 Å². The van der Waals surface area contributed by atoms with Crippen molar-refractivity contribution in [2.45, 2.75) is 87.0 Å². The van der Waals surface area contributed by atoms with Gasteiger partial charge < -0.3 is 4.84 Å². The highest BCUT2D eigenvalue weighted by Crippen LogP contribution is 2.74. The summed E-state index contributed by atoms with van der Waals surface area (Å²) in [4.78, 5) is 32.8. The van der Waals surface area contributed by atoms with E-state index in [0.717, 1.165) is 44.1 Å². The van der Waals surface area contributed by atoms with E-state index >= 15 is 0 Å². The van der Waals surface area contributed by atoms with Gasteiger partial charge in [-0.2, -0.15) is 5.26 Å². The lowest BCUT2D eigenvalue weighted by Crippen LogP contribution is -2.65. The summed E-state index contributed by atoms with van der Waals surface area (Å²) >= 11 is 0. The highest BCUT2D eigenvalue weighted by atomic mass is 16.6. The second-order valence-corrected chi connectivity index (χ2v) is 14.3. The minimum atomic E-state index is -0.636. The molecule has 0 heterocycles. The molecule has 0 aromatic rings. The van der Waals surface area contributed by atoms with Crippen LogP contribution in [0.1, 0.15) is 87.0 Å². The maximum atomic E-state index is 14.4. The summed E-state index contributed by atoms with van der Waals surface area (Å²) in [6.07, 6.45) is 12.0. The largest absolute Gasteiger partial charge is 0.399 e. The van der Waals surface area contributed by atoms with Crippen LogP contribution in [-0.2, 0) is 14.4 Å². The smallest absolute Gasteiger partial charge is 0.178 e. The van der Waals surface area contributed by atoms with Crippen LogP contribution in [0.25, 0.3) is 0 Å². The first-order chi connectivity index (χ1) is 17.2. The number of oxime groups is 1. The van der Waals surface area contributed by atoms with E-state index in [2.05, 4.69) is 45.8 Å². The zero-order valence-corrected chi connectivity index (χ0v) is 24.0. The summed E-state index contributed by atoms with van der Waals surface area (Å²) in [6.45, 7) is 15.6. The molecule has 5 heteroatoms. The summed E-state index contributed by atoms with van der Waals surface area (Å²) in [5.41, 5.74) is -0.216. The van der Waals surface area contributed by atoms with Gasteiger partial charge in [-0.15, -0.1) is 0 Å². The maximum Gasteiger partial charge on any atom is 0.178 e. The molecule has 37 heavy (non-hydrogen) atoms. The van der Waals surface area contributed by atoms with Gasteiger partial charge in [0.15, 0.2) is 11.6 Å². The molecule has 0 bridgehead atoms. The summed E-state index contributed by atoms with van der Waals surface area (Å²) < 4.78 is 0. The Morgan fingerprint density at radius 1 is 1.05 bits per heavy atom. The molecule has 0 radical (unpaired) electrons. The molecule has 3 fully saturated rings. The highest BCUT2D eigenvalue weighted by molar-refractivity contribution is 6.04. The van der Waals surface area contributed by atoms with Crippen LogP contribution in [0, 0.1) is 68.0 Å². The van der Waals surface area contributed by atoms with Gasteiger partial charge >= 0.3 is 0 Å². The van der Waals surface area contributed by atoms with Crippen LogP contribution < -0.4 is 0 Å². The van der Waals surface area contributed by atoms with Gasteiger partial charge in [0, 0.05) is 22.2 Å². The molecule has 0 N–H and O–H groups in total. The highest BCUT2D eigenvalue weighted by Gasteiger charge is 2.70. The zero-order chi connectivity index (χ0) is 27.2. The number of carbonyl (C=O) groups is 2. The standard InChI is InChI=1S/C32H44N2O3/c1-19-9-12-32(18-34-37-8)14-13-31(7)26(25(32)20(19)2)22(35)15-24-29(5)16-21(17-33)27(36)28(3,4)23(29)10-11-30(24,31)6/h15-16,18-20,23,25-26H,9-14H2,1-8H3/b34-18+/t19-,20+,23+,25+,26-,29+,30-,31-,32-/m1/s1. The van der Waals surface area contributed by atoms with Gasteiger partial charge in [-0.1, -0.05) is 65.3 Å². The van der Waals surface area contributed by atoms with E-state index in [1.807, 2.05) is 32.2 Å². The monoisotopic (exact) mass is 504 g/mol. The summed E-state index contributed by atoms with van der Waals surface area (Å²) in [5.74, 6) is 1.36. The number of rotatable bonds is 2. The molecule has 5 nitrogen and oxygen atoms in total. The number of allylic oxidation sites excluding steroid dienone is 4. The Morgan fingerprint density at radius 3 is 2.41 bits per heavy atom. The predicted molar refractivity (Wildman–Crippen MR) is 144 cm³/mol. The Kier molecular flexibility index (Phi) is 5.81. The molecular weight excluding hydrogens is 460 g/mol. The van der Waals surface area contributed by atoms with Gasteiger partial charge in [-0.3, -0.25) is 9.59 Å². The average molecular weight is 505 g/mol. The first kappa shape index (κ1) is 26.4. The number of nitrogens with zero attached hydrogens (tertiary/aromatic N) is 2. The SMILES string of the molecule is CO/N=C/[C@]12CC[C@@H](C)[C@H](C)[C@H]1[C@H]1C(=O)C=C3[C@@]4(C)C=C(C#N)C(=O)C(C)(C)[C@@H]4CC[C@@]3(C)[C@]1(C)CC2. The van der Waals surface area contributed by atoms with Crippen molar-refractivity contribution in [3.05, 3.63) is 23.3 Å². The van der Waals surface area contributed by atoms with Crippen LogP contribution >= 0.6 is 0 Å². The first-order valence-electron chi connectivity index (χ1n) is 14.3. The van der Waals surface area contributed by atoms with E-state index in [9.17, 15) is 14.9 Å². The predicted octanol–water partition coefficient (Wildman–Crippen LogP) is 6.69. The van der Waals surface area contributed by atoms with Crippen molar-refractivity contribution in [3.8, 4) is 6.07 Å². The van der Waals surface area contributed by atoms with Crippen molar-refractivity contribution >= 4 is 17.8 Å². The number of nitriles is 1. The van der Waals surface area contributed by atoms with Crippen LogP contribution in [0.15, 0.2) is 28.5 Å². The molecule has 0 saturated heterocycles. The van der Waals surface area contributed by atoms with Crippen LogP contribution in [0.2, 0.25) is 0 Å². The molecular formula is C32H44N2O3. The van der Waals surface area contributed by atoms with Crippen LogP contribution in [0.3, 0.4) is 0 Å². The average Bonchev–Trinajstić information content (AvgIpc) is 2.85. The molecule has 0 aromatic carbocycles. The molecule has 5 rings (SSSR count). The van der Waals surface area contributed by atoms with Gasteiger partial charge in [-0.05, 0) is 79.1 Å². The third-order valence-electron chi connectivity index (χ3n) is 12.7. The topological polar surface area (TPSA) is 79.5 Å². The van der Waals surface area contributed by atoms with E-state index in [1.54, 1.807) is 7.11 Å². The Morgan fingerprint density at radius 2 is 1.76 bits per heavy atom. The number of Topliss-reactive ketones (excluding diaryl/α,β-unsaturated/α-hetero) is 1. The number of fused-ring (bicyclic) bond motifs is 7. The lowest BCUT2D eigenvalue weighted by atomic mass is 9.34. The van der Waals surface area contributed by atoms with Crippen LogP contribution in [-0.4, -0.2) is 24.9 Å². The third-order valence-corrected chi connectivity index (χ3v) is 12.7. The number of hydrogen-bond acceptors (Lipinski definition) is 5. The van der Waals surface area contributed by atoms with Gasteiger partial charge in [0.25, 0.3) is 0 Å². The van der Waals surface area contributed by atoms with E-state index in [0.29, 0.717) is 11.8 Å². The van der Waals surface area contributed by atoms with Crippen molar-refractivity contribution < 1.29 is 14.4 Å². The van der Waals surface area contributed by atoms with Crippen molar-refractivity contribution in [1.29, 1.82) is 5.26 Å². The Bertz CT molecular complexity index is 1170. The van der Waals surface area contributed by atoms with Gasteiger partial charge in [0.1, 0.15) is 13.2 Å². The molecule has 0 aliphatic heterocycles. The Balaban J connectivity index is 1.70. The van der Waals surface area contributed by atoms with Crippen molar-refractivity contribution in [1.82, 2.24) is 0 Å². The Labute approximate surface area is 222 Å². The van der Waals surface area contributed by atoms with Crippen molar-refractivity contribution in [2.75, 3.05) is 7.11 Å². The van der Waals surface area contributed by atoms with Gasteiger partial charge in [0.2, 0.25) is 0 Å². The van der Waals surface area contributed by atoms with Crippen LogP contribution in [0.4, 0.5) is 0 Å². The van der Waals surface area contributed by atoms with E-state index in [4.69, 9.17) is 4.84 Å². The fourth-order valence-corrected chi connectivity index (χ4v) is 10.3.